The Bertz CT molecular complexity index is 832. The zero-order valence-electron chi connectivity index (χ0n) is 22.8. The Morgan fingerprint density at radius 3 is 2.09 bits per heavy atom. The number of quaternary nitrogens is 1. The van der Waals surface area contributed by atoms with E-state index in [9.17, 15) is 4.79 Å². The Balaban J connectivity index is 1.83. The van der Waals surface area contributed by atoms with Gasteiger partial charge in [-0.3, -0.25) is 4.79 Å². The first kappa shape index (κ1) is 28.9. The molecular formula is C31H48NO3+. The number of hydrogen-bond donors (Lipinski definition) is 0. The Morgan fingerprint density at radius 1 is 0.800 bits per heavy atom. The maximum absolute atomic E-state index is 13.0. The fraction of sp³-hybridized carbons (Fsp3) is 0.581. The van der Waals surface area contributed by atoms with Crippen molar-refractivity contribution in [1.29, 1.82) is 0 Å². The van der Waals surface area contributed by atoms with Crippen molar-refractivity contribution in [2.24, 2.45) is 5.92 Å². The number of esters is 1. The van der Waals surface area contributed by atoms with Crippen LogP contribution in [0.3, 0.4) is 0 Å². The van der Waals surface area contributed by atoms with Gasteiger partial charge in [0.15, 0.2) is 0 Å². The van der Waals surface area contributed by atoms with Crippen molar-refractivity contribution in [3.8, 4) is 5.75 Å². The van der Waals surface area contributed by atoms with E-state index in [0.717, 1.165) is 36.2 Å². The minimum Gasteiger partial charge on any atom is -0.455 e. The van der Waals surface area contributed by atoms with E-state index in [1.165, 1.54) is 49.7 Å². The first-order valence-corrected chi connectivity index (χ1v) is 13.7. The molecule has 0 spiro atoms. The summed E-state index contributed by atoms with van der Waals surface area (Å²) in [5.41, 5.74) is 2.61. The molecule has 2 unspecified atom stereocenters. The third-order valence-electron chi connectivity index (χ3n) is 6.59. The van der Waals surface area contributed by atoms with Gasteiger partial charge >= 0.3 is 5.97 Å². The first-order chi connectivity index (χ1) is 16.9. The summed E-state index contributed by atoms with van der Waals surface area (Å²) in [7, 11) is 4.34. The molecule has 2 aromatic carbocycles. The molecule has 2 atom stereocenters. The Kier molecular flexibility index (Phi) is 12.9. The summed E-state index contributed by atoms with van der Waals surface area (Å²) in [6.45, 7) is 7.90. The van der Waals surface area contributed by atoms with Gasteiger partial charge in [-0.2, -0.15) is 0 Å². The van der Waals surface area contributed by atoms with E-state index in [4.69, 9.17) is 9.47 Å². The highest BCUT2D eigenvalue weighted by atomic mass is 16.7. The van der Waals surface area contributed by atoms with Crippen molar-refractivity contribution >= 4 is 5.97 Å². The lowest BCUT2D eigenvalue weighted by atomic mass is 10.0. The monoisotopic (exact) mass is 482 g/mol. The van der Waals surface area contributed by atoms with Gasteiger partial charge in [-0.15, -0.1) is 0 Å². The van der Waals surface area contributed by atoms with Crippen LogP contribution in [-0.2, 0) is 22.5 Å². The number of benzene rings is 2. The average Bonchev–Trinajstić information content (AvgIpc) is 2.85. The lowest BCUT2D eigenvalue weighted by Crippen LogP contribution is -2.45. The maximum Gasteiger partial charge on any atom is 0.317 e. The molecule has 35 heavy (non-hydrogen) atoms. The van der Waals surface area contributed by atoms with Gasteiger partial charge in [0, 0.05) is 12.0 Å². The minimum absolute atomic E-state index is 0.161. The van der Waals surface area contributed by atoms with Crippen molar-refractivity contribution in [2.75, 3.05) is 20.6 Å². The lowest BCUT2D eigenvalue weighted by molar-refractivity contribution is -0.906. The van der Waals surface area contributed by atoms with Crippen molar-refractivity contribution < 1.29 is 18.8 Å². The van der Waals surface area contributed by atoms with Crippen LogP contribution in [0.4, 0.5) is 0 Å². The SMILES string of the molecule is CCCCCCCCc1ccc(OC(CC)OC(=O)C(CC)C[N+](C)(C)Cc2ccccc2)cc1. The molecule has 0 bridgehead atoms. The number of aryl methyl sites for hydroxylation is 1. The molecule has 2 rings (SSSR count). The second-order valence-corrected chi connectivity index (χ2v) is 10.4. The fourth-order valence-electron chi connectivity index (χ4n) is 4.52. The molecule has 0 saturated carbocycles. The topological polar surface area (TPSA) is 35.5 Å². The highest BCUT2D eigenvalue weighted by molar-refractivity contribution is 5.72. The third-order valence-corrected chi connectivity index (χ3v) is 6.59. The predicted octanol–water partition coefficient (Wildman–Crippen LogP) is 7.55. The van der Waals surface area contributed by atoms with E-state index in [-0.39, 0.29) is 11.9 Å². The quantitative estimate of drug-likeness (QED) is 0.101. The van der Waals surface area contributed by atoms with Crippen LogP contribution < -0.4 is 4.74 Å². The predicted molar refractivity (Wildman–Crippen MR) is 145 cm³/mol. The molecule has 2 aromatic rings. The highest BCUT2D eigenvalue weighted by Crippen LogP contribution is 2.20. The number of rotatable bonds is 17. The molecule has 0 saturated heterocycles. The third kappa shape index (κ3) is 11.3. The number of carbonyl (C=O) groups is 1. The van der Waals surface area contributed by atoms with Crippen LogP contribution >= 0.6 is 0 Å². The van der Waals surface area contributed by atoms with E-state index < -0.39 is 6.29 Å². The number of unbranched alkanes of at least 4 members (excludes halogenated alkanes) is 5. The number of nitrogens with zero attached hydrogens (tertiary/aromatic N) is 1. The molecular weight excluding hydrogens is 434 g/mol. The van der Waals surface area contributed by atoms with Gasteiger partial charge in [-0.1, -0.05) is 95.3 Å². The first-order valence-electron chi connectivity index (χ1n) is 13.7. The second-order valence-electron chi connectivity index (χ2n) is 10.4. The molecule has 0 aromatic heterocycles. The standard InChI is InChI=1S/C31H48NO3/c1-6-9-10-11-12-14-17-26-20-22-29(23-21-26)34-30(8-3)35-31(33)28(7-2)25-32(4,5)24-27-18-15-13-16-19-27/h13,15-16,18-23,28,30H,6-12,14,17,24-25H2,1-5H3/q+1. The average molecular weight is 483 g/mol. The summed E-state index contributed by atoms with van der Waals surface area (Å²) in [6, 6.07) is 18.7. The van der Waals surface area contributed by atoms with Crippen LogP contribution in [0.2, 0.25) is 0 Å². The van der Waals surface area contributed by atoms with Crippen LogP contribution in [0.15, 0.2) is 54.6 Å². The van der Waals surface area contributed by atoms with Gasteiger partial charge in [-0.05, 0) is 37.0 Å². The van der Waals surface area contributed by atoms with Crippen molar-refractivity contribution in [2.45, 2.75) is 91.4 Å². The molecule has 0 aliphatic heterocycles. The molecule has 194 valence electrons. The van der Waals surface area contributed by atoms with Crippen LogP contribution in [0.1, 0.15) is 83.3 Å². The molecule has 4 heteroatoms. The zero-order chi connectivity index (χ0) is 25.5. The minimum atomic E-state index is -0.564. The largest absolute Gasteiger partial charge is 0.455 e. The van der Waals surface area contributed by atoms with Crippen molar-refractivity contribution in [3.05, 3.63) is 65.7 Å². The summed E-state index contributed by atoms with van der Waals surface area (Å²) in [5, 5.41) is 0. The van der Waals surface area contributed by atoms with Crippen LogP contribution in [0, 0.1) is 5.92 Å². The van der Waals surface area contributed by atoms with Crippen LogP contribution in [0.5, 0.6) is 5.75 Å². The number of ether oxygens (including phenoxy) is 2. The maximum atomic E-state index is 13.0. The molecule has 0 N–H and O–H groups in total. The smallest absolute Gasteiger partial charge is 0.317 e. The Labute approximate surface area is 214 Å². The van der Waals surface area contributed by atoms with E-state index >= 15 is 0 Å². The van der Waals surface area contributed by atoms with E-state index in [1.54, 1.807) is 0 Å². The van der Waals surface area contributed by atoms with Gasteiger partial charge < -0.3 is 14.0 Å². The van der Waals surface area contributed by atoms with Gasteiger partial charge in [0.05, 0.1) is 20.6 Å². The van der Waals surface area contributed by atoms with Gasteiger partial charge in [0.25, 0.3) is 0 Å². The second kappa shape index (κ2) is 15.6. The van der Waals surface area contributed by atoms with E-state index in [0.29, 0.717) is 6.42 Å². The summed E-state index contributed by atoms with van der Waals surface area (Å²) in [4.78, 5) is 13.0. The summed E-state index contributed by atoms with van der Waals surface area (Å²) >= 11 is 0. The molecule has 4 nitrogen and oxygen atoms in total. The van der Waals surface area contributed by atoms with Gasteiger partial charge in [-0.25, -0.2) is 0 Å². The highest BCUT2D eigenvalue weighted by Gasteiger charge is 2.29. The molecule has 0 aliphatic rings. The molecule has 0 fully saturated rings. The van der Waals surface area contributed by atoms with E-state index in [2.05, 4.69) is 64.3 Å². The molecule has 0 heterocycles. The number of hydrogen-bond acceptors (Lipinski definition) is 3. The van der Waals surface area contributed by atoms with Gasteiger partial charge in [0.1, 0.15) is 18.2 Å². The Morgan fingerprint density at radius 2 is 1.46 bits per heavy atom. The number of carbonyl (C=O) groups excluding carboxylic acids is 1. The normalized spacial score (nSPS) is 13.3. The van der Waals surface area contributed by atoms with Gasteiger partial charge in [0.2, 0.25) is 6.29 Å². The summed E-state index contributed by atoms with van der Waals surface area (Å²) < 4.78 is 12.6. The molecule has 0 radical (unpaired) electrons. The van der Waals surface area contributed by atoms with E-state index in [1.807, 2.05) is 25.1 Å². The summed E-state index contributed by atoms with van der Waals surface area (Å²) in [5.74, 6) is 0.425. The fourth-order valence-corrected chi connectivity index (χ4v) is 4.52. The molecule has 0 aliphatic carbocycles. The summed E-state index contributed by atoms with van der Waals surface area (Å²) in [6.07, 6.45) is 9.76. The lowest BCUT2D eigenvalue weighted by Gasteiger charge is -2.33. The van der Waals surface area contributed by atoms with Crippen molar-refractivity contribution in [1.82, 2.24) is 0 Å². The van der Waals surface area contributed by atoms with Crippen LogP contribution in [0.25, 0.3) is 0 Å². The zero-order valence-corrected chi connectivity index (χ0v) is 22.8. The van der Waals surface area contributed by atoms with Crippen LogP contribution in [-0.4, -0.2) is 37.4 Å². The molecule has 0 amide bonds. The Hall–Kier alpha value is -2.33. The van der Waals surface area contributed by atoms with Crippen molar-refractivity contribution in [3.63, 3.8) is 0 Å².